The van der Waals surface area contributed by atoms with Gasteiger partial charge in [-0.15, -0.1) is 0 Å². The van der Waals surface area contributed by atoms with Crippen molar-refractivity contribution in [3.63, 3.8) is 0 Å². The second kappa shape index (κ2) is 15.7. The molecule has 0 saturated heterocycles. The minimum atomic E-state index is -0.593. The third-order valence-electron chi connectivity index (χ3n) is 19.1. The van der Waals surface area contributed by atoms with Crippen molar-refractivity contribution in [1.82, 2.24) is 0 Å². The number of anilines is 4. The Kier molecular flexibility index (Phi) is 9.21. The molecule has 2 heteroatoms. The predicted molar refractivity (Wildman–Crippen MR) is 306 cm³/mol. The third kappa shape index (κ3) is 5.81. The largest absolute Gasteiger partial charge is 0.335 e. The molecule has 2 saturated carbocycles. The van der Waals surface area contributed by atoms with Gasteiger partial charge in [0.2, 0.25) is 0 Å². The Bertz CT molecular complexity index is 3800. The minimum absolute atomic E-state index is 0.0408. The van der Waals surface area contributed by atoms with Crippen molar-refractivity contribution in [2.24, 2.45) is 11.8 Å². The van der Waals surface area contributed by atoms with E-state index in [2.05, 4.69) is 256 Å². The van der Waals surface area contributed by atoms with E-state index in [1.165, 1.54) is 137 Å². The number of hydrogen-bond donors (Lipinski definition) is 0. The molecule has 3 aliphatic carbocycles. The topological polar surface area (TPSA) is 6.48 Å². The van der Waals surface area contributed by atoms with Gasteiger partial charge >= 0.3 is 0 Å². The molecule has 2 nitrogen and oxygen atoms in total. The molecule has 2 fully saturated rings. The Labute approximate surface area is 430 Å². The summed E-state index contributed by atoms with van der Waals surface area (Å²) in [5.41, 5.74) is 20.9. The van der Waals surface area contributed by atoms with Crippen LogP contribution in [0.3, 0.4) is 0 Å². The molecule has 0 aromatic heterocycles. The van der Waals surface area contributed by atoms with Crippen LogP contribution in [0.25, 0.3) is 54.9 Å². The second-order valence-electron chi connectivity index (χ2n) is 22.9. The van der Waals surface area contributed by atoms with Gasteiger partial charge in [-0.3, -0.25) is 0 Å². The average Bonchev–Trinajstić information content (AvgIpc) is 4.18. The number of fused-ring (bicyclic) bond motifs is 14. The second-order valence-corrected chi connectivity index (χ2v) is 22.9. The summed E-state index contributed by atoms with van der Waals surface area (Å²) in [7, 11) is 0. The monoisotopic (exact) mass is 940 g/mol. The van der Waals surface area contributed by atoms with Crippen molar-refractivity contribution in [3.8, 4) is 33.4 Å². The summed E-state index contributed by atoms with van der Waals surface area (Å²) < 4.78 is 0. The predicted octanol–water partition coefficient (Wildman–Crippen LogP) is 18.5. The zero-order chi connectivity index (χ0) is 48.8. The summed E-state index contributed by atoms with van der Waals surface area (Å²) in [5.74, 6) is 2.15. The first-order valence-electron chi connectivity index (χ1n) is 27.0. The van der Waals surface area contributed by atoms with Crippen LogP contribution < -0.4 is 9.80 Å². The molecule has 15 rings (SSSR count). The fraction of sp³-hybridized carbons (Fsp3) is 0.211. The Morgan fingerprint density at radius 2 is 0.836 bits per heavy atom. The maximum atomic E-state index is 2.67. The molecule has 73 heavy (non-hydrogen) atoms. The number of nitrogens with zero attached hydrogens (tertiary/aromatic N) is 2. The van der Waals surface area contributed by atoms with Crippen molar-refractivity contribution < 1.29 is 0 Å². The van der Waals surface area contributed by atoms with Gasteiger partial charge in [0.25, 0.3) is 0 Å². The van der Waals surface area contributed by atoms with Gasteiger partial charge in [0, 0.05) is 45.7 Å². The minimum Gasteiger partial charge on any atom is -0.335 e. The molecule has 0 radical (unpaired) electrons. The van der Waals surface area contributed by atoms with Gasteiger partial charge in [0.05, 0.1) is 5.41 Å². The molecular weight excluding hydrogens is 881 g/mol. The van der Waals surface area contributed by atoms with Gasteiger partial charge in [-0.1, -0.05) is 172 Å². The summed E-state index contributed by atoms with van der Waals surface area (Å²) in [4.78, 5) is 5.34. The van der Waals surface area contributed by atoms with Gasteiger partial charge < -0.3 is 9.80 Å². The lowest BCUT2D eigenvalue weighted by Crippen LogP contribution is -2.40. The standard InChI is InChI=1S/C71H60N2/c1-45-37-39-69(3)66(45)60-42-48(31-35-63(60)72(69)53-23-13-7-14-24-53)47-29-33-57-59(41-47)55-27-17-18-28-56(55)65-58-34-30-50(44-62(58)71(68(57)65,51-19-9-5-10-20-51)52-21-11-6-12-22-52)49-32-36-64-61(43-49)67-46(2)38-40-70(67,4)73(64)54-25-15-8-16-26-54/h5-36,41-46,66-67H,37-40H2,1-4H3. The van der Waals surface area contributed by atoms with Crippen LogP contribution in [0.5, 0.6) is 0 Å². The molecule has 6 atom stereocenters. The highest BCUT2D eigenvalue weighted by molar-refractivity contribution is 6.20. The lowest BCUT2D eigenvalue weighted by atomic mass is 9.66. The first kappa shape index (κ1) is 43.0. The maximum absolute atomic E-state index is 2.67. The van der Waals surface area contributed by atoms with Crippen LogP contribution in [0.2, 0.25) is 0 Å². The van der Waals surface area contributed by atoms with Crippen molar-refractivity contribution in [2.75, 3.05) is 9.80 Å². The van der Waals surface area contributed by atoms with E-state index in [0.29, 0.717) is 23.7 Å². The van der Waals surface area contributed by atoms with Gasteiger partial charge in [0.15, 0.2) is 0 Å². The molecule has 5 aliphatic rings. The number of rotatable bonds is 6. The van der Waals surface area contributed by atoms with Gasteiger partial charge in [-0.2, -0.15) is 0 Å². The zero-order valence-electron chi connectivity index (χ0n) is 42.3. The molecule has 0 N–H and O–H groups in total. The van der Waals surface area contributed by atoms with E-state index in [9.17, 15) is 0 Å². The maximum Gasteiger partial charge on any atom is 0.0720 e. The lowest BCUT2D eigenvalue weighted by molar-refractivity contribution is 0.414. The highest BCUT2D eigenvalue weighted by Crippen LogP contribution is 2.65. The molecule has 0 spiro atoms. The number of benzene rings is 10. The molecule has 0 amide bonds. The molecule has 2 heterocycles. The number of para-hydroxylation sites is 2. The molecule has 10 aromatic rings. The van der Waals surface area contributed by atoms with Crippen molar-refractivity contribution >= 4 is 44.3 Å². The van der Waals surface area contributed by atoms with Crippen LogP contribution in [-0.4, -0.2) is 11.1 Å². The van der Waals surface area contributed by atoms with E-state index in [-0.39, 0.29) is 11.1 Å². The fourth-order valence-corrected chi connectivity index (χ4v) is 16.2. The molecule has 0 bridgehead atoms. The quantitative estimate of drug-likeness (QED) is 0.153. The highest BCUT2D eigenvalue weighted by atomic mass is 15.3. The molecule has 6 unspecified atom stereocenters. The van der Waals surface area contributed by atoms with Crippen molar-refractivity contribution in [2.45, 2.75) is 81.7 Å². The van der Waals surface area contributed by atoms with Crippen LogP contribution >= 0.6 is 0 Å². The molecule has 354 valence electrons. The van der Waals surface area contributed by atoms with Gasteiger partial charge in [-0.25, -0.2) is 0 Å². The Hall–Kier alpha value is -7.68. The normalized spacial score (nSPS) is 23.8. The van der Waals surface area contributed by atoms with E-state index in [1.807, 2.05) is 0 Å². The summed E-state index contributed by atoms with van der Waals surface area (Å²) in [6.45, 7) is 9.99. The van der Waals surface area contributed by atoms with Crippen LogP contribution in [0.1, 0.15) is 98.6 Å². The summed E-state index contributed by atoms with van der Waals surface area (Å²) in [6.07, 6.45) is 4.87. The highest BCUT2D eigenvalue weighted by Gasteiger charge is 2.56. The fourth-order valence-electron chi connectivity index (χ4n) is 16.2. The van der Waals surface area contributed by atoms with E-state index in [4.69, 9.17) is 0 Å². The van der Waals surface area contributed by atoms with E-state index >= 15 is 0 Å². The van der Waals surface area contributed by atoms with Crippen LogP contribution in [0.4, 0.5) is 22.7 Å². The van der Waals surface area contributed by atoms with E-state index < -0.39 is 5.41 Å². The summed E-state index contributed by atoms with van der Waals surface area (Å²) in [6, 6.07) is 84.0. The molecule has 10 aromatic carbocycles. The van der Waals surface area contributed by atoms with Crippen LogP contribution in [-0.2, 0) is 5.41 Å². The molecule has 2 aliphatic heterocycles. The molecular formula is C71H60N2. The average molecular weight is 941 g/mol. The zero-order valence-corrected chi connectivity index (χ0v) is 42.3. The lowest BCUT2D eigenvalue weighted by Gasteiger charge is -2.38. The van der Waals surface area contributed by atoms with Crippen molar-refractivity contribution in [1.29, 1.82) is 0 Å². The first-order chi connectivity index (χ1) is 35.8. The smallest absolute Gasteiger partial charge is 0.0720 e. The van der Waals surface area contributed by atoms with Crippen molar-refractivity contribution in [3.05, 3.63) is 252 Å². The third-order valence-corrected chi connectivity index (χ3v) is 19.1. The van der Waals surface area contributed by atoms with Crippen LogP contribution in [0.15, 0.2) is 218 Å². The van der Waals surface area contributed by atoms with E-state index in [0.717, 1.165) is 0 Å². The van der Waals surface area contributed by atoms with E-state index in [1.54, 1.807) is 0 Å². The SMILES string of the molecule is CC1CCC2(C)C1c1cc(-c3ccc4c(c3)C(c3ccccc3)(c3ccccc3)c3c-4c4ccccc4c4cc(-c5ccc6c(c5)C5C(C)CCC5(C)N6c5ccccc5)ccc34)ccc1N2c1ccccc1. The number of hydrogen-bond acceptors (Lipinski definition) is 2. The first-order valence-corrected chi connectivity index (χ1v) is 27.0. The van der Waals surface area contributed by atoms with Gasteiger partial charge in [0.1, 0.15) is 0 Å². The Balaban J connectivity index is 0.944. The van der Waals surface area contributed by atoms with Crippen LogP contribution in [0, 0.1) is 11.8 Å². The summed E-state index contributed by atoms with van der Waals surface area (Å²) in [5, 5.41) is 5.22. The van der Waals surface area contributed by atoms with Gasteiger partial charge in [-0.05, 0) is 200 Å². The Morgan fingerprint density at radius 1 is 0.397 bits per heavy atom. The summed E-state index contributed by atoms with van der Waals surface area (Å²) >= 11 is 0. The Morgan fingerprint density at radius 3 is 1.37 bits per heavy atom.